The number of methoxy groups -OCH3 is 1. The van der Waals surface area contributed by atoms with Gasteiger partial charge in [0.1, 0.15) is 5.82 Å². The normalized spacial score (nSPS) is 10.3. The van der Waals surface area contributed by atoms with Gasteiger partial charge < -0.3 is 15.0 Å². The van der Waals surface area contributed by atoms with Crippen LogP contribution in [-0.2, 0) is 13.1 Å². The number of nitrogens with zero attached hydrogens (tertiary/aromatic N) is 2. The van der Waals surface area contributed by atoms with Crippen molar-refractivity contribution in [1.29, 1.82) is 0 Å². The average molecular weight is 218 g/mol. The predicted molar refractivity (Wildman–Crippen MR) is 59.9 cm³/mol. The highest BCUT2D eigenvalue weighted by Gasteiger charge is 1.98. The maximum Gasteiger partial charge on any atom is 0.213 e. The van der Waals surface area contributed by atoms with Gasteiger partial charge >= 0.3 is 0 Å². The van der Waals surface area contributed by atoms with Crippen LogP contribution >= 0.6 is 0 Å². The summed E-state index contributed by atoms with van der Waals surface area (Å²) in [6.45, 7) is 1.39. The molecule has 16 heavy (non-hydrogen) atoms. The summed E-state index contributed by atoms with van der Waals surface area (Å²) < 4.78 is 5.05. The third-order valence-corrected chi connectivity index (χ3v) is 2.14. The second kappa shape index (κ2) is 5.27. The SMILES string of the molecule is COc1cccc(CNCc2ncc[nH]2)n1. The van der Waals surface area contributed by atoms with Crippen LogP contribution in [0.5, 0.6) is 5.88 Å². The third-order valence-electron chi connectivity index (χ3n) is 2.14. The zero-order chi connectivity index (χ0) is 11.2. The minimum Gasteiger partial charge on any atom is -0.481 e. The van der Waals surface area contributed by atoms with Gasteiger partial charge in [0, 0.05) is 25.0 Å². The molecule has 5 heteroatoms. The van der Waals surface area contributed by atoms with Gasteiger partial charge in [-0.15, -0.1) is 0 Å². The van der Waals surface area contributed by atoms with Crippen molar-refractivity contribution in [3.63, 3.8) is 0 Å². The van der Waals surface area contributed by atoms with E-state index in [2.05, 4.69) is 20.3 Å². The molecular formula is C11H14N4O. The number of H-pyrrole nitrogens is 1. The molecule has 0 aliphatic carbocycles. The number of nitrogens with one attached hydrogen (secondary N) is 2. The number of aromatic amines is 1. The Labute approximate surface area is 93.9 Å². The summed E-state index contributed by atoms with van der Waals surface area (Å²) in [5.74, 6) is 1.56. The van der Waals surface area contributed by atoms with E-state index in [1.807, 2.05) is 18.2 Å². The molecule has 2 aromatic rings. The second-order valence-electron chi connectivity index (χ2n) is 3.31. The van der Waals surface area contributed by atoms with Gasteiger partial charge in [0.2, 0.25) is 5.88 Å². The Kier molecular flexibility index (Phi) is 3.50. The molecule has 2 heterocycles. The molecule has 2 rings (SSSR count). The van der Waals surface area contributed by atoms with E-state index in [1.54, 1.807) is 19.5 Å². The van der Waals surface area contributed by atoms with Crippen LogP contribution in [0.2, 0.25) is 0 Å². The van der Waals surface area contributed by atoms with Crippen LogP contribution in [0.3, 0.4) is 0 Å². The molecule has 0 radical (unpaired) electrons. The number of rotatable bonds is 5. The van der Waals surface area contributed by atoms with Gasteiger partial charge in [0.05, 0.1) is 19.3 Å². The molecule has 0 saturated carbocycles. The van der Waals surface area contributed by atoms with Gasteiger partial charge in [-0.25, -0.2) is 9.97 Å². The maximum atomic E-state index is 5.05. The lowest BCUT2D eigenvalue weighted by Crippen LogP contribution is -2.14. The van der Waals surface area contributed by atoms with E-state index in [1.165, 1.54) is 0 Å². The van der Waals surface area contributed by atoms with Crippen molar-refractivity contribution >= 4 is 0 Å². The summed E-state index contributed by atoms with van der Waals surface area (Å²) in [6.07, 6.45) is 3.54. The van der Waals surface area contributed by atoms with E-state index in [0.29, 0.717) is 19.0 Å². The van der Waals surface area contributed by atoms with Gasteiger partial charge in [-0.05, 0) is 6.07 Å². The van der Waals surface area contributed by atoms with Gasteiger partial charge in [-0.2, -0.15) is 0 Å². The molecule has 0 bridgehead atoms. The smallest absolute Gasteiger partial charge is 0.213 e. The van der Waals surface area contributed by atoms with Gasteiger partial charge in [0.15, 0.2) is 0 Å². The Morgan fingerprint density at radius 3 is 3.06 bits per heavy atom. The number of pyridine rings is 1. The van der Waals surface area contributed by atoms with Gasteiger partial charge in [0.25, 0.3) is 0 Å². The number of aromatic nitrogens is 3. The standard InChI is InChI=1S/C11H14N4O/c1-16-11-4-2-3-9(15-11)7-12-8-10-13-5-6-14-10/h2-6,12H,7-8H2,1H3,(H,13,14). The molecule has 0 spiro atoms. The van der Waals surface area contributed by atoms with Crippen LogP contribution in [0.4, 0.5) is 0 Å². The lowest BCUT2D eigenvalue weighted by molar-refractivity contribution is 0.395. The Morgan fingerprint density at radius 1 is 1.38 bits per heavy atom. The van der Waals surface area contributed by atoms with Crippen molar-refractivity contribution < 1.29 is 4.74 Å². The molecule has 0 atom stereocenters. The van der Waals surface area contributed by atoms with Crippen molar-refractivity contribution in [3.8, 4) is 5.88 Å². The molecule has 0 fully saturated rings. The molecule has 0 saturated heterocycles. The molecule has 0 amide bonds. The zero-order valence-corrected chi connectivity index (χ0v) is 9.10. The lowest BCUT2D eigenvalue weighted by Gasteiger charge is -2.04. The van der Waals surface area contributed by atoms with Crippen molar-refractivity contribution in [2.45, 2.75) is 13.1 Å². The quantitative estimate of drug-likeness (QED) is 0.789. The number of ether oxygens (including phenoxy) is 1. The van der Waals surface area contributed by atoms with Crippen LogP contribution < -0.4 is 10.1 Å². The highest BCUT2D eigenvalue weighted by Crippen LogP contribution is 2.06. The first kappa shape index (κ1) is 10.6. The minimum absolute atomic E-state index is 0.636. The van der Waals surface area contributed by atoms with E-state index >= 15 is 0 Å². The summed E-state index contributed by atoms with van der Waals surface area (Å²) in [7, 11) is 1.61. The average Bonchev–Trinajstić information content (AvgIpc) is 2.82. The monoisotopic (exact) mass is 218 g/mol. The molecule has 2 N–H and O–H groups in total. The number of hydrogen-bond acceptors (Lipinski definition) is 4. The van der Waals surface area contributed by atoms with Gasteiger partial charge in [-0.1, -0.05) is 6.07 Å². The third kappa shape index (κ3) is 2.80. The number of imidazole rings is 1. The summed E-state index contributed by atoms with van der Waals surface area (Å²) >= 11 is 0. The van der Waals surface area contributed by atoms with Crippen LogP contribution in [0.25, 0.3) is 0 Å². The van der Waals surface area contributed by atoms with E-state index in [-0.39, 0.29) is 0 Å². The minimum atomic E-state index is 0.636. The summed E-state index contributed by atoms with van der Waals surface area (Å²) in [5.41, 5.74) is 0.950. The van der Waals surface area contributed by atoms with Gasteiger partial charge in [-0.3, -0.25) is 0 Å². The Bertz CT molecular complexity index is 427. The van der Waals surface area contributed by atoms with Crippen LogP contribution in [-0.4, -0.2) is 22.1 Å². The first-order valence-electron chi connectivity index (χ1n) is 5.07. The van der Waals surface area contributed by atoms with Crippen LogP contribution in [0, 0.1) is 0 Å². The fourth-order valence-electron chi connectivity index (χ4n) is 1.37. The summed E-state index contributed by atoms with van der Waals surface area (Å²) in [6, 6.07) is 5.71. The first-order chi connectivity index (χ1) is 7.88. The molecule has 84 valence electrons. The fraction of sp³-hybridized carbons (Fsp3) is 0.273. The van der Waals surface area contributed by atoms with Crippen LogP contribution in [0.15, 0.2) is 30.6 Å². The highest BCUT2D eigenvalue weighted by atomic mass is 16.5. The zero-order valence-electron chi connectivity index (χ0n) is 9.10. The van der Waals surface area contributed by atoms with E-state index in [9.17, 15) is 0 Å². The largest absolute Gasteiger partial charge is 0.481 e. The van der Waals surface area contributed by atoms with Crippen LogP contribution in [0.1, 0.15) is 11.5 Å². The predicted octanol–water partition coefficient (Wildman–Crippen LogP) is 1.10. The number of hydrogen-bond donors (Lipinski definition) is 2. The fourth-order valence-corrected chi connectivity index (χ4v) is 1.37. The first-order valence-corrected chi connectivity index (χ1v) is 5.07. The Hall–Kier alpha value is -1.88. The summed E-state index contributed by atoms with van der Waals surface area (Å²) in [4.78, 5) is 11.4. The maximum absolute atomic E-state index is 5.05. The molecule has 0 aliphatic rings. The van der Waals surface area contributed by atoms with Crippen molar-refractivity contribution in [1.82, 2.24) is 20.3 Å². The Balaban J connectivity index is 1.85. The molecule has 0 aliphatic heterocycles. The second-order valence-corrected chi connectivity index (χ2v) is 3.31. The van der Waals surface area contributed by atoms with Crippen molar-refractivity contribution in [2.24, 2.45) is 0 Å². The molecule has 0 aromatic carbocycles. The molecule has 5 nitrogen and oxygen atoms in total. The van der Waals surface area contributed by atoms with E-state index in [4.69, 9.17) is 4.74 Å². The van der Waals surface area contributed by atoms with Crippen molar-refractivity contribution in [2.75, 3.05) is 7.11 Å². The van der Waals surface area contributed by atoms with E-state index < -0.39 is 0 Å². The Morgan fingerprint density at radius 2 is 2.31 bits per heavy atom. The van der Waals surface area contributed by atoms with E-state index in [0.717, 1.165) is 11.5 Å². The molecular weight excluding hydrogens is 204 g/mol. The highest BCUT2D eigenvalue weighted by molar-refractivity contribution is 5.15. The summed E-state index contributed by atoms with van der Waals surface area (Å²) in [5, 5.41) is 3.24. The molecule has 2 aromatic heterocycles. The lowest BCUT2D eigenvalue weighted by atomic mass is 10.3. The molecule has 0 unspecified atom stereocenters. The van der Waals surface area contributed by atoms with Crippen molar-refractivity contribution in [3.05, 3.63) is 42.1 Å². The topological polar surface area (TPSA) is 62.8 Å².